The maximum atomic E-state index is 13.3. The molecule has 0 unspecified atom stereocenters. The first-order valence-electron chi connectivity index (χ1n) is 10.7. The highest BCUT2D eigenvalue weighted by Crippen LogP contribution is 2.18. The van der Waals surface area contributed by atoms with E-state index in [4.69, 9.17) is 13.9 Å². The van der Waals surface area contributed by atoms with Crippen LogP contribution in [-0.2, 0) is 22.6 Å². The molecule has 3 rings (SSSR count). The van der Waals surface area contributed by atoms with Crippen LogP contribution in [0.4, 0.5) is 14.9 Å². The van der Waals surface area contributed by atoms with Crippen LogP contribution in [0.1, 0.15) is 11.3 Å². The highest BCUT2D eigenvalue weighted by Gasteiger charge is 2.23. The molecule has 3 aromatic rings. The average Bonchev–Trinajstić information content (AvgIpc) is 3.35. The Kier molecular flexibility index (Phi) is 9.04. The van der Waals surface area contributed by atoms with Crippen LogP contribution in [0.25, 0.3) is 0 Å². The quantitative estimate of drug-likeness (QED) is 0.456. The molecule has 1 heterocycles. The van der Waals surface area contributed by atoms with E-state index in [1.54, 1.807) is 60.5 Å². The summed E-state index contributed by atoms with van der Waals surface area (Å²) in [5.41, 5.74) is 1.29. The van der Waals surface area contributed by atoms with Crippen molar-refractivity contribution in [2.24, 2.45) is 0 Å². The number of nitrogens with zero attached hydrogens (tertiary/aromatic N) is 2. The van der Waals surface area contributed by atoms with Gasteiger partial charge in [-0.25, -0.2) is 9.18 Å². The van der Waals surface area contributed by atoms with E-state index in [1.807, 2.05) is 0 Å². The number of benzene rings is 2. The number of carbonyl (C=O) groups is 2. The monoisotopic (exact) mass is 469 g/mol. The van der Waals surface area contributed by atoms with Crippen molar-refractivity contribution in [3.8, 4) is 5.75 Å². The maximum Gasteiger partial charge on any atom is 0.322 e. The third kappa shape index (κ3) is 7.35. The van der Waals surface area contributed by atoms with Gasteiger partial charge in [0.25, 0.3) is 0 Å². The van der Waals surface area contributed by atoms with E-state index in [9.17, 15) is 14.0 Å². The summed E-state index contributed by atoms with van der Waals surface area (Å²) < 4.78 is 29.1. The van der Waals surface area contributed by atoms with E-state index < -0.39 is 6.03 Å². The molecule has 3 amide bonds. The van der Waals surface area contributed by atoms with E-state index in [2.05, 4.69) is 5.32 Å². The number of amides is 3. The number of methoxy groups -OCH3 is 2. The Bertz CT molecular complexity index is 1060. The summed E-state index contributed by atoms with van der Waals surface area (Å²) in [7, 11) is 3.07. The summed E-state index contributed by atoms with van der Waals surface area (Å²) >= 11 is 0. The van der Waals surface area contributed by atoms with Gasteiger partial charge in [-0.1, -0.05) is 18.2 Å². The zero-order valence-corrected chi connectivity index (χ0v) is 19.2. The van der Waals surface area contributed by atoms with Crippen LogP contribution in [0.2, 0.25) is 0 Å². The van der Waals surface area contributed by atoms with Gasteiger partial charge in [-0.2, -0.15) is 0 Å². The minimum atomic E-state index is -0.446. The standard InChI is InChI=1S/C25H28FN3O5/c1-32-14-12-28(25(31)27-21-5-3-6-22(15-21)33-2)18-24(30)29(17-23-7-4-13-34-23)16-19-8-10-20(26)11-9-19/h3-11,13,15H,12,14,16-18H2,1-2H3,(H,27,31). The molecular weight excluding hydrogens is 441 g/mol. The molecular formula is C25H28FN3O5. The van der Waals surface area contributed by atoms with Crippen molar-refractivity contribution in [3.63, 3.8) is 0 Å². The molecule has 0 aliphatic heterocycles. The maximum absolute atomic E-state index is 13.3. The van der Waals surface area contributed by atoms with Gasteiger partial charge >= 0.3 is 6.03 Å². The third-order valence-electron chi connectivity index (χ3n) is 5.07. The molecule has 0 saturated heterocycles. The Morgan fingerprint density at radius 3 is 2.47 bits per heavy atom. The third-order valence-corrected chi connectivity index (χ3v) is 5.07. The van der Waals surface area contributed by atoms with Crippen molar-refractivity contribution >= 4 is 17.6 Å². The van der Waals surface area contributed by atoms with E-state index in [0.29, 0.717) is 17.2 Å². The summed E-state index contributed by atoms with van der Waals surface area (Å²) in [4.78, 5) is 29.2. The Morgan fingerprint density at radius 2 is 1.79 bits per heavy atom. The first kappa shape index (κ1) is 24.8. The molecule has 0 radical (unpaired) electrons. The van der Waals surface area contributed by atoms with Gasteiger partial charge in [-0.05, 0) is 42.0 Å². The van der Waals surface area contributed by atoms with E-state index >= 15 is 0 Å². The van der Waals surface area contributed by atoms with Crippen LogP contribution in [-0.4, -0.2) is 55.7 Å². The van der Waals surface area contributed by atoms with Gasteiger partial charge in [0.05, 0.1) is 26.5 Å². The predicted octanol–water partition coefficient (Wildman–Crippen LogP) is 4.14. The number of nitrogens with one attached hydrogen (secondary N) is 1. The lowest BCUT2D eigenvalue weighted by Crippen LogP contribution is -2.45. The van der Waals surface area contributed by atoms with Crippen LogP contribution in [0.3, 0.4) is 0 Å². The van der Waals surface area contributed by atoms with E-state index in [1.165, 1.54) is 30.4 Å². The number of anilines is 1. The van der Waals surface area contributed by atoms with Crippen molar-refractivity contribution in [2.75, 3.05) is 39.2 Å². The van der Waals surface area contributed by atoms with Crippen LogP contribution >= 0.6 is 0 Å². The molecule has 180 valence electrons. The zero-order chi connectivity index (χ0) is 24.3. The number of ether oxygens (including phenoxy) is 2. The molecule has 1 aromatic heterocycles. The number of halogens is 1. The minimum Gasteiger partial charge on any atom is -0.497 e. The van der Waals surface area contributed by atoms with Gasteiger partial charge in [-0.15, -0.1) is 0 Å². The Labute approximate surface area is 197 Å². The van der Waals surface area contributed by atoms with Crippen molar-refractivity contribution in [1.29, 1.82) is 0 Å². The highest BCUT2D eigenvalue weighted by molar-refractivity contribution is 5.92. The lowest BCUT2D eigenvalue weighted by molar-refractivity contribution is -0.133. The average molecular weight is 470 g/mol. The molecule has 0 aliphatic rings. The number of furan rings is 1. The molecule has 0 bridgehead atoms. The SMILES string of the molecule is COCCN(CC(=O)N(Cc1ccc(F)cc1)Cc1ccco1)C(=O)Nc1cccc(OC)c1. The molecule has 2 aromatic carbocycles. The molecule has 34 heavy (non-hydrogen) atoms. The summed E-state index contributed by atoms with van der Waals surface area (Å²) in [6.07, 6.45) is 1.53. The highest BCUT2D eigenvalue weighted by atomic mass is 19.1. The second kappa shape index (κ2) is 12.4. The number of rotatable bonds is 11. The normalized spacial score (nSPS) is 10.6. The number of urea groups is 1. The largest absolute Gasteiger partial charge is 0.497 e. The first-order valence-corrected chi connectivity index (χ1v) is 10.7. The lowest BCUT2D eigenvalue weighted by atomic mass is 10.2. The van der Waals surface area contributed by atoms with Crippen molar-refractivity contribution in [2.45, 2.75) is 13.1 Å². The Hall–Kier alpha value is -3.85. The summed E-state index contributed by atoms with van der Waals surface area (Å²) in [5.74, 6) is 0.547. The molecule has 0 spiro atoms. The first-order chi connectivity index (χ1) is 16.5. The molecule has 0 atom stereocenters. The minimum absolute atomic E-state index is 0.179. The van der Waals surface area contributed by atoms with Crippen molar-refractivity contribution < 1.29 is 27.9 Å². The van der Waals surface area contributed by atoms with Crippen LogP contribution in [0, 0.1) is 5.82 Å². The molecule has 1 N–H and O–H groups in total. The van der Waals surface area contributed by atoms with Gasteiger partial charge in [0.1, 0.15) is 23.9 Å². The van der Waals surface area contributed by atoms with Crippen molar-refractivity contribution in [1.82, 2.24) is 9.80 Å². The van der Waals surface area contributed by atoms with Crippen LogP contribution in [0.15, 0.2) is 71.3 Å². The van der Waals surface area contributed by atoms with Gasteiger partial charge in [0, 0.05) is 32.0 Å². The molecule has 9 heteroatoms. The van der Waals surface area contributed by atoms with Gasteiger partial charge < -0.3 is 29.0 Å². The fourth-order valence-corrected chi connectivity index (χ4v) is 3.25. The topological polar surface area (TPSA) is 84.2 Å². The Morgan fingerprint density at radius 1 is 1.00 bits per heavy atom. The second-order valence-electron chi connectivity index (χ2n) is 7.53. The lowest BCUT2D eigenvalue weighted by Gasteiger charge is -2.27. The fourth-order valence-electron chi connectivity index (χ4n) is 3.25. The van der Waals surface area contributed by atoms with Gasteiger partial charge in [0.15, 0.2) is 0 Å². The van der Waals surface area contributed by atoms with Crippen LogP contribution < -0.4 is 10.1 Å². The zero-order valence-electron chi connectivity index (χ0n) is 19.2. The smallest absolute Gasteiger partial charge is 0.322 e. The van der Waals surface area contributed by atoms with Crippen LogP contribution in [0.5, 0.6) is 5.75 Å². The number of hydrogen-bond acceptors (Lipinski definition) is 5. The molecule has 0 fully saturated rings. The second-order valence-corrected chi connectivity index (χ2v) is 7.53. The molecule has 8 nitrogen and oxygen atoms in total. The Balaban J connectivity index is 1.74. The summed E-state index contributed by atoms with van der Waals surface area (Å²) in [6.45, 7) is 0.730. The predicted molar refractivity (Wildman–Crippen MR) is 125 cm³/mol. The molecule has 0 saturated carbocycles. The number of hydrogen-bond donors (Lipinski definition) is 1. The van der Waals surface area contributed by atoms with Crippen molar-refractivity contribution in [3.05, 3.63) is 84.1 Å². The summed E-state index contributed by atoms with van der Waals surface area (Å²) in [6, 6.07) is 15.9. The van der Waals surface area contributed by atoms with Gasteiger partial charge in [0.2, 0.25) is 5.91 Å². The number of carbonyl (C=O) groups excluding carboxylic acids is 2. The van der Waals surface area contributed by atoms with Gasteiger partial charge in [-0.3, -0.25) is 4.79 Å². The van der Waals surface area contributed by atoms with E-state index in [-0.39, 0.29) is 44.5 Å². The van der Waals surface area contributed by atoms with E-state index in [0.717, 1.165) is 5.56 Å². The summed E-state index contributed by atoms with van der Waals surface area (Å²) in [5, 5.41) is 2.79. The molecule has 0 aliphatic carbocycles. The fraction of sp³-hybridized carbons (Fsp3) is 0.280.